The number of benzene rings is 1. The number of carboxylic acids is 1. The van der Waals surface area contributed by atoms with Crippen LogP contribution in [0.1, 0.15) is 127 Å². The van der Waals surface area contributed by atoms with E-state index in [0.29, 0.717) is 47.5 Å². The van der Waals surface area contributed by atoms with Crippen LogP contribution in [0.2, 0.25) is 0 Å². The molecule has 1 aliphatic heterocycles. The Morgan fingerprint density at radius 2 is 1.67 bits per heavy atom. The lowest BCUT2D eigenvalue weighted by molar-refractivity contribution is -0.180. The number of nitrogens with zero attached hydrogens (tertiary/aromatic N) is 1. The Balaban J connectivity index is 1.18. The van der Waals surface area contributed by atoms with Gasteiger partial charge in [0.05, 0.1) is 5.56 Å². The van der Waals surface area contributed by atoms with Crippen LogP contribution >= 0.6 is 0 Å². The van der Waals surface area contributed by atoms with Crippen molar-refractivity contribution in [2.24, 2.45) is 46.2 Å². The molecular formula is C39H60N4O3. The second-order valence-corrected chi connectivity index (χ2v) is 18.1. The molecule has 5 N–H and O–H groups in total. The number of nitrogens with two attached hydrogens (primary N) is 1. The predicted molar refractivity (Wildman–Crippen MR) is 183 cm³/mol. The van der Waals surface area contributed by atoms with Crippen molar-refractivity contribution >= 4 is 11.9 Å². The summed E-state index contributed by atoms with van der Waals surface area (Å²) in [5.74, 6) is 2.36. The number of rotatable bonds is 7. The minimum Gasteiger partial charge on any atom is -0.478 e. The van der Waals surface area contributed by atoms with Crippen LogP contribution in [0.25, 0.3) is 0 Å². The molecule has 254 valence electrons. The molecule has 1 saturated heterocycles. The molecule has 7 rings (SSSR count). The molecule has 6 aliphatic rings. The fraction of sp³-hybridized carbons (Fsp3) is 0.795. The van der Waals surface area contributed by atoms with Crippen molar-refractivity contribution in [3.05, 3.63) is 35.4 Å². The molecule has 11 atom stereocenters. The number of nitrogens with one attached hydrogen (secondary N) is 2. The van der Waals surface area contributed by atoms with Crippen LogP contribution in [-0.2, 0) is 4.79 Å². The lowest BCUT2D eigenvalue weighted by Crippen LogP contribution is -2.76. The van der Waals surface area contributed by atoms with Crippen molar-refractivity contribution in [1.82, 2.24) is 15.5 Å². The second kappa shape index (κ2) is 10.5. The van der Waals surface area contributed by atoms with Gasteiger partial charge in [0, 0.05) is 41.0 Å². The Hall–Kier alpha value is -1.96. The van der Waals surface area contributed by atoms with E-state index in [1.54, 1.807) is 12.1 Å². The maximum Gasteiger partial charge on any atom is 0.335 e. The zero-order valence-electron chi connectivity index (χ0n) is 29.5. The summed E-state index contributed by atoms with van der Waals surface area (Å²) >= 11 is 0. The Labute approximate surface area is 277 Å². The number of carboxylic acid groups (broad SMARTS) is 1. The average molecular weight is 633 g/mol. The summed E-state index contributed by atoms with van der Waals surface area (Å²) in [5.41, 5.74) is 9.61. The molecule has 0 bridgehead atoms. The van der Waals surface area contributed by atoms with E-state index >= 15 is 0 Å². The van der Waals surface area contributed by atoms with Gasteiger partial charge in [0.2, 0.25) is 5.91 Å². The highest BCUT2D eigenvalue weighted by Crippen LogP contribution is 2.78. The molecule has 1 aromatic rings. The molecule has 7 nitrogen and oxygen atoms in total. The lowest BCUT2D eigenvalue weighted by atomic mass is 9.35. The first kappa shape index (κ1) is 32.6. The zero-order chi connectivity index (χ0) is 33.1. The van der Waals surface area contributed by atoms with Gasteiger partial charge in [-0.2, -0.15) is 0 Å². The van der Waals surface area contributed by atoms with E-state index in [-0.39, 0.29) is 38.9 Å². The van der Waals surface area contributed by atoms with Crippen molar-refractivity contribution in [2.45, 2.75) is 133 Å². The highest BCUT2D eigenvalue weighted by Gasteiger charge is 2.82. The van der Waals surface area contributed by atoms with Crippen molar-refractivity contribution in [3.63, 3.8) is 0 Å². The summed E-state index contributed by atoms with van der Waals surface area (Å²) < 4.78 is 0. The first-order chi connectivity index (χ1) is 21.6. The molecule has 1 heterocycles. The maximum absolute atomic E-state index is 13.4. The zero-order valence-corrected chi connectivity index (χ0v) is 29.5. The highest BCUT2D eigenvalue weighted by molar-refractivity contribution is 5.87. The van der Waals surface area contributed by atoms with E-state index in [2.05, 4.69) is 62.3 Å². The van der Waals surface area contributed by atoms with E-state index in [1.807, 2.05) is 14.1 Å². The Bertz CT molecular complexity index is 1400. The standard InChI is InChI=1S/C39H60N4O3/c1-24(2)27-14-18-37(41-31(44)16-23-43(6)7)20-21-38(40)29(32(27)37)12-13-30-34(38,3)19-22-39-35(30,4)17-15-28(36(39,5)42-39)25-8-10-26(11-9-25)33(45)46/h8-11,24,27-30,32,42H,12-23,40H2,1-7H3,(H,41,44)(H,45,46)/t27-,28-,29+,30-,32+,34+,35+,36?,37-,38-,39-/m0/s1. The number of hydrogen-bond acceptors (Lipinski definition) is 5. The summed E-state index contributed by atoms with van der Waals surface area (Å²) in [6.07, 6.45) is 11.8. The van der Waals surface area contributed by atoms with Crippen LogP contribution in [0, 0.1) is 40.4 Å². The van der Waals surface area contributed by atoms with Crippen LogP contribution in [0.15, 0.2) is 24.3 Å². The third kappa shape index (κ3) is 4.19. The van der Waals surface area contributed by atoms with Gasteiger partial charge >= 0.3 is 5.97 Å². The molecular weight excluding hydrogens is 572 g/mol. The summed E-state index contributed by atoms with van der Waals surface area (Å²) in [7, 11) is 4.08. The molecule has 0 aromatic heterocycles. The summed E-state index contributed by atoms with van der Waals surface area (Å²) in [6, 6.07) is 7.68. The third-order valence-electron chi connectivity index (χ3n) is 16.0. The van der Waals surface area contributed by atoms with Gasteiger partial charge in [-0.3, -0.25) is 4.79 Å². The second-order valence-electron chi connectivity index (χ2n) is 18.1. The molecule has 1 unspecified atom stereocenters. The number of carbonyl (C=O) groups is 2. The van der Waals surface area contributed by atoms with Gasteiger partial charge in [-0.25, -0.2) is 4.79 Å². The fourth-order valence-corrected chi connectivity index (χ4v) is 13.6. The van der Waals surface area contributed by atoms with Crippen molar-refractivity contribution in [1.29, 1.82) is 0 Å². The Kier molecular flexibility index (Phi) is 7.45. The Morgan fingerprint density at radius 1 is 0.957 bits per heavy atom. The highest BCUT2D eigenvalue weighted by atomic mass is 16.4. The van der Waals surface area contributed by atoms with E-state index < -0.39 is 5.97 Å². The SMILES string of the molecule is CC(C)[C@@H]1CC[C@]2(NC(=O)CCN(C)C)CC[C@]3(N)[C@H](CC[C@H]4[C@@]3(C)CC[C@@]35NC3(C)[C@H](c3ccc(C(=O)O)cc3)CC[C@]45C)[C@@H]12. The van der Waals surface area contributed by atoms with Crippen LogP contribution in [-0.4, -0.2) is 64.7 Å². The number of aromatic carboxylic acids is 1. The fourth-order valence-electron chi connectivity index (χ4n) is 13.6. The van der Waals surface area contributed by atoms with Crippen molar-refractivity contribution in [2.75, 3.05) is 20.6 Å². The van der Waals surface area contributed by atoms with Gasteiger partial charge in [-0.1, -0.05) is 39.8 Å². The van der Waals surface area contributed by atoms with E-state index in [9.17, 15) is 14.7 Å². The largest absolute Gasteiger partial charge is 0.478 e. The first-order valence-corrected chi connectivity index (χ1v) is 18.4. The molecule has 5 aliphatic carbocycles. The number of fused-ring (bicyclic) bond motifs is 6. The topological polar surface area (TPSA) is 118 Å². The van der Waals surface area contributed by atoms with Crippen molar-refractivity contribution < 1.29 is 14.7 Å². The van der Waals surface area contributed by atoms with Crippen molar-refractivity contribution in [3.8, 4) is 0 Å². The minimum absolute atomic E-state index is 0.0113. The molecule has 1 aromatic carbocycles. The molecule has 1 amide bonds. The molecule has 6 fully saturated rings. The van der Waals surface area contributed by atoms with Gasteiger partial charge in [0.25, 0.3) is 0 Å². The average Bonchev–Trinajstić information content (AvgIpc) is 3.47. The maximum atomic E-state index is 13.4. The van der Waals surface area contributed by atoms with Crippen LogP contribution in [0.5, 0.6) is 0 Å². The van der Waals surface area contributed by atoms with Crippen LogP contribution < -0.4 is 16.4 Å². The van der Waals surface area contributed by atoms with Crippen LogP contribution in [0.3, 0.4) is 0 Å². The van der Waals surface area contributed by atoms with Gasteiger partial charge in [-0.05, 0) is 143 Å². The summed E-state index contributed by atoms with van der Waals surface area (Å²) in [4.78, 5) is 27.0. The number of hydrogen-bond donors (Lipinski definition) is 4. The summed E-state index contributed by atoms with van der Waals surface area (Å²) in [5, 5.41) is 17.4. The molecule has 5 saturated carbocycles. The smallest absolute Gasteiger partial charge is 0.335 e. The first-order valence-electron chi connectivity index (χ1n) is 18.4. The lowest BCUT2D eigenvalue weighted by Gasteiger charge is -2.71. The predicted octanol–water partition coefficient (Wildman–Crippen LogP) is 6.18. The third-order valence-corrected chi connectivity index (χ3v) is 16.0. The molecule has 0 radical (unpaired) electrons. The van der Waals surface area contributed by atoms with E-state index in [1.165, 1.54) is 31.2 Å². The Morgan fingerprint density at radius 3 is 2.33 bits per heavy atom. The monoisotopic (exact) mass is 632 g/mol. The molecule has 46 heavy (non-hydrogen) atoms. The number of carbonyl (C=O) groups excluding carboxylic acids is 1. The van der Waals surface area contributed by atoms with Gasteiger partial charge in [-0.15, -0.1) is 0 Å². The molecule has 7 heteroatoms. The molecule has 1 spiro atoms. The van der Waals surface area contributed by atoms with E-state index in [4.69, 9.17) is 5.73 Å². The summed E-state index contributed by atoms with van der Waals surface area (Å²) in [6.45, 7) is 13.2. The minimum atomic E-state index is -0.864. The number of amides is 1. The van der Waals surface area contributed by atoms with Gasteiger partial charge < -0.3 is 26.4 Å². The van der Waals surface area contributed by atoms with E-state index in [0.717, 1.165) is 45.1 Å². The van der Waals surface area contributed by atoms with Crippen LogP contribution in [0.4, 0.5) is 0 Å². The van der Waals surface area contributed by atoms with Gasteiger partial charge in [0.15, 0.2) is 0 Å². The normalized spacial score (nSPS) is 47.3. The quantitative estimate of drug-likeness (QED) is 0.267. The van der Waals surface area contributed by atoms with Gasteiger partial charge in [0.1, 0.15) is 0 Å².